The first-order valence-electron chi connectivity index (χ1n) is 9.03. The number of likely N-dealkylation sites (tertiary alicyclic amines) is 2. The monoisotopic (exact) mass is 327 g/mol. The quantitative estimate of drug-likeness (QED) is 0.867. The molecule has 1 aromatic heterocycles. The topological polar surface area (TPSA) is 54.3 Å². The second-order valence-electron chi connectivity index (χ2n) is 7.01. The molecule has 128 valence electrons. The molecule has 0 bridgehead atoms. The van der Waals surface area contributed by atoms with E-state index in [9.17, 15) is 4.79 Å². The Bertz CT molecular complexity index is 755. The highest BCUT2D eigenvalue weighted by atomic mass is 16.2. The van der Waals surface area contributed by atoms with Crippen LogP contribution in [-0.2, 0) is 6.54 Å². The second-order valence-corrected chi connectivity index (χ2v) is 7.01. The van der Waals surface area contributed by atoms with Gasteiger partial charge in [0.2, 0.25) is 0 Å². The van der Waals surface area contributed by atoms with Crippen molar-refractivity contribution in [3.05, 3.63) is 23.8 Å². The lowest BCUT2D eigenvalue weighted by Crippen LogP contribution is -2.47. The third kappa shape index (κ3) is 2.49. The molecule has 2 aromatic rings. The van der Waals surface area contributed by atoms with Crippen molar-refractivity contribution in [2.45, 2.75) is 51.2 Å². The van der Waals surface area contributed by atoms with Crippen LogP contribution in [0.3, 0.4) is 0 Å². The van der Waals surface area contributed by atoms with E-state index in [1.807, 2.05) is 29.8 Å². The van der Waals surface area contributed by atoms with Crippen LogP contribution in [0.2, 0.25) is 0 Å². The van der Waals surface area contributed by atoms with Crippen molar-refractivity contribution in [1.29, 1.82) is 0 Å². The van der Waals surface area contributed by atoms with E-state index in [-0.39, 0.29) is 5.91 Å². The number of nitrogens with zero attached hydrogens (tertiary/aromatic N) is 5. The molecule has 0 radical (unpaired) electrons. The zero-order valence-electron chi connectivity index (χ0n) is 14.5. The Morgan fingerprint density at radius 2 is 2.00 bits per heavy atom. The average molecular weight is 327 g/mol. The van der Waals surface area contributed by atoms with Crippen LogP contribution >= 0.6 is 0 Å². The van der Waals surface area contributed by atoms with Crippen molar-refractivity contribution >= 4 is 16.9 Å². The van der Waals surface area contributed by atoms with E-state index in [2.05, 4.69) is 27.2 Å². The number of fused-ring (bicyclic) bond motifs is 1. The van der Waals surface area contributed by atoms with E-state index < -0.39 is 0 Å². The molecule has 2 fully saturated rings. The lowest BCUT2D eigenvalue weighted by molar-refractivity contribution is 0.0664. The van der Waals surface area contributed by atoms with Crippen molar-refractivity contribution in [2.75, 3.05) is 20.1 Å². The number of carbonyl (C=O) groups is 1. The normalized spacial score (nSPS) is 25.0. The fraction of sp³-hybridized carbons (Fsp3) is 0.611. The van der Waals surface area contributed by atoms with Gasteiger partial charge < -0.3 is 9.80 Å². The minimum absolute atomic E-state index is 0.144. The number of carbonyl (C=O) groups excluding carboxylic acids is 1. The average Bonchev–Trinajstić information content (AvgIpc) is 3.31. The van der Waals surface area contributed by atoms with Gasteiger partial charge in [-0.05, 0) is 64.4 Å². The molecule has 0 saturated carbocycles. The van der Waals surface area contributed by atoms with Gasteiger partial charge in [-0.3, -0.25) is 4.79 Å². The number of benzene rings is 1. The minimum Gasteiger partial charge on any atom is -0.334 e. The van der Waals surface area contributed by atoms with Gasteiger partial charge in [0.1, 0.15) is 5.52 Å². The highest BCUT2D eigenvalue weighted by Gasteiger charge is 2.38. The summed E-state index contributed by atoms with van der Waals surface area (Å²) in [6, 6.07) is 6.66. The molecule has 0 aliphatic carbocycles. The third-order valence-corrected chi connectivity index (χ3v) is 5.64. The largest absolute Gasteiger partial charge is 0.334 e. The number of amides is 1. The molecule has 2 aliphatic heterocycles. The highest BCUT2D eigenvalue weighted by molar-refractivity contribution is 5.97. The van der Waals surface area contributed by atoms with Crippen molar-refractivity contribution in [1.82, 2.24) is 24.8 Å². The van der Waals surface area contributed by atoms with Crippen molar-refractivity contribution in [2.24, 2.45) is 0 Å². The minimum atomic E-state index is 0.144. The summed E-state index contributed by atoms with van der Waals surface area (Å²) in [5, 5.41) is 8.34. The van der Waals surface area contributed by atoms with Crippen LogP contribution in [0.15, 0.2) is 18.2 Å². The molecule has 0 spiro atoms. The third-order valence-electron chi connectivity index (χ3n) is 5.64. The molecule has 1 aromatic carbocycles. The van der Waals surface area contributed by atoms with Gasteiger partial charge in [0.25, 0.3) is 5.91 Å². The second kappa shape index (κ2) is 6.16. The van der Waals surface area contributed by atoms with E-state index in [4.69, 9.17) is 0 Å². The maximum Gasteiger partial charge on any atom is 0.254 e. The molecule has 24 heavy (non-hydrogen) atoms. The van der Waals surface area contributed by atoms with Gasteiger partial charge in [-0.2, -0.15) is 0 Å². The van der Waals surface area contributed by atoms with Gasteiger partial charge in [-0.25, -0.2) is 4.68 Å². The fourth-order valence-electron chi connectivity index (χ4n) is 4.37. The van der Waals surface area contributed by atoms with Crippen LogP contribution in [0.5, 0.6) is 0 Å². The molecule has 6 nitrogen and oxygen atoms in total. The lowest BCUT2D eigenvalue weighted by Gasteiger charge is -2.33. The predicted molar refractivity (Wildman–Crippen MR) is 92.9 cm³/mol. The van der Waals surface area contributed by atoms with Crippen LogP contribution in [0.1, 0.15) is 43.0 Å². The summed E-state index contributed by atoms with van der Waals surface area (Å²) in [4.78, 5) is 17.6. The van der Waals surface area contributed by atoms with Crippen molar-refractivity contribution < 1.29 is 4.79 Å². The maximum absolute atomic E-state index is 13.1. The van der Waals surface area contributed by atoms with E-state index >= 15 is 0 Å². The summed E-state index contributed by atoms with van der Waals surface area (Å²) < 4.78 is 1.86. The Morgan fingerprint density at radius 1 is 1.21 bits per heavy atom. The smallest absolute Gasteiger partial charge is 0.254 e. The first kappa shape index (κ1) is 15.6. The summed E-state index contributed by atoms with van der Waals surface area (Å²) in [5.74, 6) is 0.144. The summed E-state index contributed by atoms with van der Waals surface area (Å²) in [5.41, 5.74) is 2.53. The summed E-state index contributed by atoms with van der Waals surface area (Å²) in [6.45, 7) is 4.84. The van der Waals surface area contributed by atoms with E-state index in [1.165, 1.54) is 12.8 Å². The number of likely N-dealkylation sites (N-methyl/N-ethyl adjacent to an activating group) is 1. The molecule has 6 heteroatoms. The number of aryl methyl sites for hydroxylation is 1. The standard InChI is InChI=1S/C18H25N5O/c1-3-23-15-9-8-13(12-14(15)19-20-23)18(24)22-11-5-7-17(22)16-6-4-10-21(16)2/h8-9,12,16-17H,3-7,10-11H2,1-2H3/t16-,17-/m0/s1. The molecule has 2 aliphatic rings. The Kier molecular flexibility index (Phi) is 4.00. The fourth-order valence-corrected chi connectivity index (χ4v) is 4.37. The summed E-state index contributed by atoms with van der Waals surface area (Å²) in [7, 11) is 2.19. The highest BCUT2D eigenvalue weighted by Crippen LogP contribution is 2.30. The molecule has 0 N–H and O–H groups in total. The SMILES string of the molecule is CCn1nnc2cc(C(=O)N3CCC[C@H]3[C@@H]3CCCN3C)ccc21. The van der Waals surface area contributed by atoms with Gasteiger partial charge >= 0.3 is 0 Å². The lowest BCUT2D eigenvalue weighted by atomic mass is 10.0. The molecular weight excluding hydrogens is 302 g/mol. The predicted octanol–water partition coefficient (Wildman–Crippen LogP) is 2.15. The van der Waals surface area contributed by atoms with Crippen molar-refractivity contribution in [3.8, 4) is 0 Å². The molecular formula is C18H25N5O. The Morgan fingerprint density at radius 3 is 2.75 bits per heavy atom. The number of rotatable bonds is 3. The zero-order valence-corrected chi connectivity index (χ0v) is 14.5. The van der Waals surface area contributed by atoms with Crippen LogP contribution in [0, 0.1) is 0 Å². The Labute approximate surface area is 142 Å². The van der Waals surface area contributed by atoms with Gasteiger partial charge in [0.05, 0.1) is 5.52 Å². The van der Waals surface area contributed by atoms with Gasteiger partial charge in [0, 0.05) is 30.7 Å². The number of hydrogen-bond donors (Lipinski definition) is 0. The summed E-state index contributed by atoms with van der Waals surface area (Å²) in [6.07, 6.45) is 4.67. The number of hydrogen-bond acceptors (Lipinski definition) is 4. The molecule has 1 amide bonds. The van der Waals surface area contributed by atoms with E-state index in [1.54, 1.807) is 0 Å². The molecule has 0 unspecified atom stereocenters. The molecule has 4 rings (SSSR count). The first-order chi connectivity index (χ1) is 11.7. The number of aromatic nitrogens is 3. The zero-order chi connectivity index (χ0) is 16.7. The first-order valence-corrected chi connectivity index (χ1v) is 9.03. The van der Waals surface area contributed by atoms with Crippen LogP contribution in [0.4, 0.5) is 0 Å². The van der Waals surface area contributed by atoms with Crippen molar-refractivity contribution in [3.63, 3.8) is 0 Å². The van der Waals surface area contributed by atoms with Crippen LogP contribution in [0.25, 0.3) is 11.0 Å². The van der Waals surface area contributed by atoms with Gasteiger partial charge in [-0.15, -0.1) is 5.10 Å². The van der Waals surface area contributed by atoms with E-state index in [0.717, 1.165) is 49.1 Å². The molecule has 2 saturated heterocycles. The molecule has 3 heterocycles. The van der Waals surface area contributed by atoms with Crippen LogP contribution < -0.4 is 0 Å². The van der Waals surface area contributed by atoms with Crippen LogP contribution in [-0.4, -0.2) is 62.9 Å². The Balaban J connectivity index is 1.60. The summed E-state index contributed by atoms with van der Waals surface area (Å²) >= 11 is 0. The van der Waals surface area contributed by atoms with Gasteiger partial charge in [-0.1, -0.05) is 5.21 Å². The van der Waals surface area contributed by atoms with Gasteiger partial charge in [0.15, 0.2) is 0 Å². The van der Waals surface area contributed by atoms with E-state index in [0.29, 0.717) is 12.1 Å². The Hall–Kier alpha value is -1.95. The maximum atomic E-state index is 13.1. The molecule has 2 atom stereocenters.